The number of ether oxygens (including phenoxy) is 1. The molecular weight excluding hydrogens is 452 g/mol. The van der Waals surface area contributed by atoms with E-state index in [2.05, 4.69) is 27.3 Å². The summed E-state index contributed by atoms with van der Waals surface area (Å²) in [4.78, 5) is 27.3. The van der Waals surface area contributed by atoms with Crippen LogP contribution in [0, 0.1) is 0 Å². The van der Waals surface area contributed by atoms with Crippen molar-refractivity contribution < 1.29 is 14.3 Å². The Labute approximate surface area is 203 Å². The number of aryl methyl sites for hydroxylation is 1. The van der Waals surface area contributed by atoms with Crippen molar-refractivity contribution in [1.29, 1.82) is 0 Å². The fourth-order valence-electron chi connectivity index (χ4n) is 4.14. The Morgan fingerprint density at radius 1 is 1.12 bits per heavy atom. The van der Waals surface area contributed by atoms with Gasteiger partial charge in [-0.15, -0.1) is 10.2 Å². The molecule has 2 amide bonds. The molecule has 0 spiro atoms. The number of carbonyl (C=O) groups is 2. The van der Waals surface area contributed by atoms with E-state index in [1.165, 1.54) is 31.0 Å². The first-order chi connectivity index (χ1) is 16.5. The minimum absolute atomic E-state index is 0.0442. The number of rotatable bonds is 8. The fourth-order valence-corrected chi connectivity index (χ4v) is 4.90. The Hall–Kier alpha value is -3.11. The van der Waals surface area contributed by atoms with Crippen molar-refractivity contribution >= 4 is 23.6 Å². The average Bonchev–Trinajstić information content (AvgIpc) is 3.49. The van der Waals surface area contributed by atoms with Gasteiger partial charge in [0, 0.05) is 18.9 Å². The summed E-state index contributed by atoms with van der Waals surface area (Å²) in [6, 6.07) is 11.2. The zero-order chi connectivity index (χ0) is 24.1. The molecule has 1 fully saturated rings. The molecule has 0 bridgehead atoms. The number of piperidine rings is 1. The molecule has 1 atom stereocenters. The quantitative estimate of drug-likeness (QED) is 0.493. The largest absolute Gasteiger partial charge is 0.497 e. The number of aromatic nitrogens is 4. The highest BCUT2D eigenvalue weighted by molar-refractivity contribution is 7.99. The lowest BCUT2D eigenvalue weighted by Gasteiger charge is -2.31. The number of imide groups is 1. The lowest BCUT2D eigenvalue weighted by Crippen LogP contribution is -2.33. The molecule has 10 heteroatoms. The number of nitrogens with one attached hydrogen (secondary N) is 1. The number of benzene rings is 1. The maximum absolute atomic E-state index is 12.5. The summed E-state index contributed by atoms with van der Waals surface area (Å²) in [7, 11) is 3.39. The van der Waals surface area contributed by atoms with Crippen molar-refractivity contribution in [2.24, 2.45) is 7.05 Å². The molecule has 1 aromatic carbocycles. The maximum Gasteiger partial charge on any atom is 0.274 e. The number of nitrogens with zero attached hydrogens (tertiary/aromatic N) is 5. The van der Waals surface area contributed by atoms with Crippen molar-refractivity contribution in [3.63, 3.8) is 0 Å². The van der Waals surface area contributed by atoms with Crippen LogP contribution in [-0.2, 0) is 11.8 Å². The van der Waals surface area contributed by atoms with Gasteiger partial charge in [0.25, 0.3) is 5.91 Å². The Kier molecular flexibility index (Phi) is 7.69. The van der Waals surface area contributed by atoms with Crippen molar-refractivity contribution in [3.05, 3.63) is 54.1 Å². The minimum atomic E-state index is -0.422. The number of hydrogen-bond acceptors (Lipinski definition) is 7. The highest BCUT2D eigenvalue weighted by atomic mass is 32.2. The van der Waals surface area contributed by atoms with Gasteiger partial charge in [0.15, 0.2) is 11.0 Å². The molecule has 0 saturated carbocycles. The van der Waals surface area contributed by atoms with E-state index in [0.29, 0.717) is 10.9 Å². The number of carbonyl (C=O) groups excluding carboxylic acids is 2. The lowest BCUT2D eigenvalue weighted by molar-refractivity contribution is -0.117. The van der Waals surface area contributed by atoms with Crippen LogP contribution in [0.15, 0.2) is 47.8 Å². The molecule has 1 N–H and O–H groups in total. The van der Waals surface area contributed by atoms with Crippen LogP contribution in [0.4, 0.5) is 0 Å². The highest BCUT2D eigenvalue weighted by Gasteiger charge is 2.26. The van der Waals surface area contributed by atoms with Crippen LogP contribution in [0.2, 0.25) is 0 Å². The highest BCUT2D eigenvalue weighted by Crippen LogP contribution is 2.30. The van der Waals surface area contributed by atoms with Crippen LogP contribution >= 0.6 is 11.8 Å². The van der Waals surface area contributed by atoms with Crippen LogP contribution in [0.25, 0.3) is 5.69 Å². The predicted molar refractivity (Wildman–Crippen MR) is 130 cm³/mol. The van der Waals surface area contributed by atoms with Gasteiger partial charge in [-0.05, 0) is 69.3 Å². The third-order valence-corrected chi connectivity index (χ3v) is 6.99. The number of thioether (sulfide) groups is 1. The summed E-state index contributed by atoms with van der Waals surface area (Å²) in [5.74, 6) is 0.827. The normalized spacial score (nSPS) is 15.1. The SMILES string of the molecule is COc1ccc(-n2c(SCC(=O)NC(=O)c3cccn3C)nnc2C(C)N2CCCCC2)cc1. The number of amides is 2. The molecule has 1 unspecified atom stereocenters. The predicted octanol–water partition coefficient (Wildman–Crippen LogP) is 3.21. The molecule has 1 aliphatic heterocycles. The van der Waals surface area contributed by atoms with Crippen LogP contribution in [-0.4, -0.2) is 62.0 Å². The molecule has 34 heavy (non-hydrogen) atoms. The zero-order valence-electron chi connectivity index (χ0n) is 19.7. The molecule has 1 aliphatic rings. The summed E-state index contributed by atoms with van der Waals surface area (Å²) in [6.45, 7) is 4.21. The van der Waals surface area contributed by atoms with E-state index in [4.69, 9.17) is 4.74 Å². The fraction of sp³-hybridized carbons (Fsp3) is 0.417. The first-order valence-corrected chi connectivity index (χ1v) is 12.4. The molecular formula is C24H30N6O3S. The van der Waals surface area contributed by atoms with E-state index in [-0.39, 0.29) is 17.7 Å². The second-order valence-electron chi connectivity index (χ2n) is 8.32. The van der Waals surface area contributed by atoms with E-state index in [1.54, 1.807) is 37.1 Å². The Balaban J connectivity index is 1.53. The Bertz CT molecular complexity index is 1130. The van der Waals surface area contributed by atoms with Gasteiger partial charge >= 0.3 is 0 Å². The number of hydrogen-bond donors (Lipinski definition) is 1. The van der Waals surface area contributed by atoms with E-state index in [0.717, 1.165) is 30.4 Å². The van der Waals surface area contributed by atoms with Gasteiger partial charge in [0.1, 0.15) is 11.4 Å². The monoisotopic (exact) mass is 482 g/mol. The number of methoxy groups -OCH3 is 1. The Morgan fingerprint density at radius 3 is 2.50 bits per heavy atom. The molecule has 1 saturated heterocycles. The van der Waals surface area contributed by atoms with Gasteiger partial charge in [-0.25, -0.2) is 0 Å². The molecule has 3 heterocycles. The maximum atomic E-state index is 12.5. The van der Waals surface area contributed by atoms with Gasteiger partial charge in [-0.2, -0.15) is 0 Å². The standard InChI is InChI=1S/C24H30N6O3S/c1-17(29-14-5-4-6-15-29)22-26-27-24(30(22)18-9-11-19(33-3)12-10-18)34-16-21(31)25-23(32)20-8-7-13-28(20)2/h7-13,17H,4-6,14-16H2,1-3H3,(H,25,31,32). The van der Waals surface area contributed by atoms with Gasteiger partial charge in [-0.3, -0.25) is 24.4 Å². The van der Waals surface area contributed by atoms with Gasteiger partial charge < -0.3 is 9.30 Å². The minimum Gasteiger partial charge on any atom is -0.497 e. The van der Waals surface area contributed by atoms with E-state index in [1.807, 2.05) is 28.8 Å². The van der Waals surface area contributed by atoms with Crippen molar-refractivity contribution in [3.8, 4) is 11.4 Å². The Morgan fingerprint density at radius 2 is 1.85 bits per heavy atom. The summed E-state index contributed by atoms with van der Waals surface area (Å²) in [6.07, 6.45) is 5.37. The molecule has 2 aromatic heterocycles. The summed E-state index contributed by atoms with van der Waals surface area (Å²) in [5, 5.41) is 12.0. The molecule has 3 aromatic rings. The number of likely N-dealkylation sites (tertiary alicyclic amines) is 1. The lowest BCUT2D eigenvalue weighted by atomic mass is 10.1. The van der Waals surface area contributed by atoms with Gasteiger partial charge in [-0.1, -0.05) is 18.2 Å². The molecule has 0 radical (unpaired) electrons. The van der Waals surface area contributed by atoms with Gasteiger partial charge in [0.05, 0.1) is 18.9 Å². The van der Waals surface area contributed by atoms with E-state index < -0.39 is 5.91 Å². The molecule has 9 nitrogen and oxygen atoms in total. The second kappa shape index (κ2) is 10.9. The summed E-state index contributed by atoms with van der Waals surface area (Å²) in [5.41, 5.74) is 1.32. The third kappa shape index (κ3) is 5.34. The topological polar surface area (TPSA) is 94.3 Å². The first-order valence-electron chi connectivity index (χ1n) is 11.4. The average molecular weight is 483 g/mol. The van der Waals surface area contributed by atoms with Crippen molar-refractivity contribution in [2.75, 3.05) is 26.0 Å². The third-order valence-electron chi connectivity index (χ3n) is 6.06. The van der Waals surface area contributed by atoms with Crippen LogP contribution in [0.5, 0.6) is 5.75 Å². The van der Waals surface area contributed by atoms with E-state index >= 15 is 0 Å². The smallest absolute Gasteiger partial charge is 0.274 e. The van der Waals surface area contributed by atoms with E-state index in [9.17, 15) is 9.59 Å². The first kappa shape index (κ1) is 24.0. The van der Waals surface area contributed by atoms with Gasteiger partial charge in [0.2, 0.25) is 5.91 Å². The molecule has 0 aliphatic carbocycles. The van der Waals surface area contributed by atoms with Crippen LogP contribution in [0.1, 0.15) is 48.5 Å². The summed E-state index contributed by atoms with van der Waals surface area (Å²) < 4.78 is 8.97. The molecule has 4 rings (SSSR count). The summed E-state index contributed by atoms with van der Waals surface area (Å²) >= 11 is 1.26. The molecule has 180 valence electrons. The second-order valence-corrected chi connectivity index (χ2v) is 9.26. The van der Waals surface area contributed by atoms with Crippen molar-refractivity contribution in [2.45, 2.75) is 37.4 Å². The van der Waals surface area contributed by atoms with Crippen LogP contribution in [0.3, 0.4) is 0 Å². The van der Waals surface area contributed by atoms with Crippen molar-refractivity contribution in [1.82, 2.24) is 29.5 Å². The van der Waals surface area contributed by atoms with Crippen LogP contribution < -0.4 is 10.1 Å². The zero-order valence-corrected chi connectivity index (χ0v) is 20.5.